The van der Waals surface area contributed by atoms with Crippen molar-refractivity contribution in [3.8, 4) is 28.1 Å². The molecule has 282 valence electrons. The van der Waals surface area contributed by atoms with Crippen LogP contribution in [0.5, 0.6) is 5.75 Å². The molecule has 2 fully saturated rings. The molecule has 3 aliphatic heterocycles. The second kappa shape index (κ2) is 14.3. The maximum Gasteiger partial charge on any atom is 0.407 e. The lowest BCUT2D eigenvalue weighted by Crippen LogP contribution is -2.54. The number of likely N-dealkylation sites (tertiary alicyclic amines) is 2. The van der Waals surface area contributed by atoms with Gasteiger partial charge in [-0.3, -0.25) is 9.69 Å². The molecular formula is C39H43N7O8. The van der Waals surface area contributed by atoms with Crippen LogP contribution in [0, 0.1) is 5.92 Å². The molecule has 4 N–H and O–H groups in total. The molecule has 0 spiro atoms. The molecule has 0 radical (unpaired) electrons. The van der Waals surface area contributed by atoms with Gasteiger partial charge in [0.25, 0.3) is 0 Å². The molecule has 2 saturated heterocycles. The maximum absolute atomic E-state index is 14.1. The van der Waals surface area contributed by atoms with Crippen LogP contribution >= 0.6 is 0 Å². The number of aromatic amines is 2. The van der Waals surface area contributed by atoms with Crippen molar-refractivity contribution in [2.75, 3.05) is 41.0 Å². The first-order valence-corrected chi connectivity index (χ1v) is 18.1. The number of hydrogen-bond donors (Lipinski definition) is 4. The third-order valence-electron chi connectivity index (χ3n) is 11.0. The van der Waals surface area contributed by atoms with Gasteiger partial charge in [0.1, 0.15) is 30.0 Å². The van der Waals surface area contributed by atoms with Gasteiger partial charge >= 0.3 is 12.2 Å². The number of H-pyrrole nitrogens is 2. The third kappa shape index (κ3) is 6.26. The smallest absolute Gasteiger partial charge is 0.407 e. The van der Waals surface area contributed by atoms with Gasteiger partial charge < -0.3 is 44.2 Å². The van der Waals surface area contributed by atoms with E-state index in [4.69, 9.17) is 23.9 Å². The van der Waals surface area contributed by atoms with Crippen LogP contribution in [-0.2, 0) is 25.6 Å². The van der Waals surface area contributed by atoms with Crippen molar-refractivity contribution in [1.29, 1.82) is 0 Å². The highest BCUT2D eigenvalue weighted by atomic mass is 16.5. The molecule has 54 heavy (non-hydrogen) atoms. The van der Waals surface area contributed by atoms with E-state index in [1.54, 1.807) is 25.1 Å². The number of imidazole rings is 2. The van der Waals surface area contributed by atoms with Crippen LogP contribution in [0.3, 0.4) is 0 Å². The van der Waals surface area contributed by atoms with Crippen LogP contribution in [0.4, 0.5) is 9.59 Å². The molecular weight excluding hydrogens is 694 g/mol. The molecule has 0 aliphatic carbocycles. The standard InChI is InChI=1S/C39H43N7O8/c1-20(52-3)33(44-38(48)53-4)37(47)46-17-21(18-51-2)12-31(46)36-41-28-10-8-22-14-27-25-9-7-23(13-24(25)19-54-32(27)15-26(22)34(28)43-36)29-16-40-35(42-29)30-6-5-11-45(30)39(49)50/h7-10,13-16,20-21,30-31,33H,5-6,11-12,17-19H2,1-4H3,(H,40,42)(H,41,43)(H,44,48)(H,49,50)/t20-,21+,30+,31+,33+/m1/s1. The molecule has 5 atom stereocenters. The summed E-state index contributed by atoms with van der Waals surface area (Å²) >= 11 is 0. The van der Waals surface area contributed by atoms with Gasteiger partial charge in [0.05, 0.1) is 54.8 Å². The lowest BCUT2D eigenvalue weighted by Gasteiger charge is -2.30. The number of benzene rings is 3. The fourth-order valence-corrected chi connectivity index (χ4v) is 8.23. The van der Waals surface area contributed by atoms with Crippen LogP contribution in [0.25, 0.3) is 44.2 Å². The Morgan fingerprint density at radius 1 is 1.04 bits per heavy atom. The van der Waals surface area contributed by atoms with Gasteiger partial charge in [-0.1, -0.05) is 18.2 Å². The highest BCUT2D eigenvalue weighted by molar-refractivity contribution is 6.07. The highest BCUT2D eigenvalue weighted by Gasteiger charge is 2.42. The van der Waals surface area contributed by atoms with E-state index in [1.165, 1.54) is 19.1 Å². The first-order chi connectivity index (χ1) is 26.2. The normalized spacial score (nSPS) is 20.4. The number of carbonyl (C=O) groups is 3. The summed E-state index contributed by atoms with van der Waals surface area (Å²) in [5.41, 5.74) is 6.45. The zero-order valence-corrected chi connectivity index (χ0v) is 30.5. The highest BCUT2D eigenvalue weighted by Crippen LogP contribution is 2.43. The van der Waals surface area contributed by atoms with E-state index in [0.29, 0.717) is 44.4 Å². The molecule has 5 aromatic rings. The van der Waals surface area contributed by atoms with E-state index in [0.717, 1.165) is 68.3 Å². The predicted molar refractivity (Wildman–Crippen MR) is 198 cm³/mol. The van der Waals surface area contributed by atoms with Gasteiger partial charge in [-0.25, -0.2) is 19.6 Å². The Morgan fingerprint density at radius 3 is 2.67 bits per heavy atom. The monoisotopic (exact) mass is 737 g/mol. The number of methoxy groups -OCH3 is 3. The van der Waals surface area contributed by atoms with Crippen molar-refractivity contribution in [2.24, 2.45) is 5.92 Å². The molecule has 3 aromatic carbocycles. The van der Waals surface area contributed by atoms with Crippen molar-refractivity contribution in [1.82, 2.24) is 35.1 Å². The Bertz CT molecular complexity index is 2250. The Morgan fingerprint density at radius 2 is 1.89 bits per heavy atom. The lowest BCUT2D eigenvalue weighted by molar-refractivity contribution is -0.137. The van der Waals surface area contributed by atoms with Crippen molar-refractivity contribution in [3.05, 3.63) is 65.9 Å². The van der Waals surface area contributed by atoms with E-state index in [9.17, 15) is 19.5 Å². The summed E-state index contributed by atoms with van der Waals surface area (Å²) in [6.07, 6.45) is 1.70. The number of nitrogens with zero attached hydrogens (tertiary/aromatic N) is 4. The Kier molecular flexibility index (Phi) is 9.36. The first-order valence-electron chi connectivity index (χ1n) is 18.1. The fourth-order valence-electron chi connectivity index (χ4n) is 8.23. The van der Waals surface area contributed by atoms with E-state index >= 15 is 0 Å². The number of hydrogen-bond acceptors (Lipinski definition) is 9. The zero-order chi connectivity index (χ0) is 37.7. The second-order valence-electron chi connectivity index (χ2n) is 14.2. The number of carboxylic acid groups (broad SMARTS) is 1. The van der Waals surface area contributed by atoms with Gasteiger partial charge in [0.2, 0.25) is 5.91 Å². The van der Waals surface area contributed by atoms with Gasteiger partial charge in [-0.15, -0.1) is 0 Å². The molecule has 2 aromatic heterocycles. The largest absolute Gasteiger partial charge is 0.488 e. The maximum atomic E-state index is 14.1. The topological polar surface area (TPSA) is 184 Å². The summed E-state index contributed by atoms with van der Waals surface area (Å²) in [4.78, 5) is 57.7. The minimum absolute atomic E-state index is 0.0662. The minimum atomic E-state index is -0.960. The minimum Gasteiger partial charge on any atom is -0.488 e. The molecule has 15 nitrogen and oxygen atoms in total. The Hall–Kier alpha value is -5.67. The lowest BCUT2D eigenvalue weighted by atomic mass is 9.92. The van der Waals surface area contributed by atoms with Gasteiger partial charge in [0, 0.05) is 44.2 Å². The van der Waals surface area contributed by atoms with Crippen LogP contribution in [0.2, 0.25) is 0 Å². The van der Waals surface area contributed by atoms with E-state index in [2.05, 4.69) is 44.5 Å². The van der Waals surface area contributed by atoms with Crippen molar-refractivity contribution >= 4 is 39.9 Å². The number of aromatic nitrogens is 4. The second-order valence-corrected chi connectivity index (χ2v) is 14.2. The number of ether oxygens (including phenoxy) is 4. The van der Waals surface area contributed by atoms with Crippen molar-refractivity contribution in [3.63, 3.8) is 0 Å². The number of alkyl carbamates (subject to hydrolysis) is 1. The number of rotatable bonds is 9. The average molecular weight is 738 g/mol. The quantitative estimate of drug-likeness (QED) is 0.145. The first kappa shape index (κ1) is 35.4. The van der Waals surface area contributed by atoms with E-state index in [-0.39, 0.29) is 23.9 Å². The molecule has 0 bridgehead atoms. The van der Waals surface area contributed by atoms with Gasteiger partial charge in [-0.2, -0.15) is 0 Å². The summed E-state index contributed by atoms with van der Waals surface area (Å²) in [5, 5.41) is 14.2. The van der Waals surface area contributed by atoms with E-state index < -0.39 is 24.3 Å². The molecule has 15 heteroatoms. The van der Waals surface area contributed by atoms with Crippen LogP contribution < -0.4 is 10.1 Å². The van der Waals surface area contributed by atoms with Crippen LogP contribution in [-0.4, -0.2) is 106 Å². The SMILES string of the molecule is COC[C@H]1C[C@@H](c2nc3c(ccc4cc5c(cc43)OCc3cc(-c4cnc([C@@H]6CCCN6C(=O)O)[nH]4)ccc3-5)[nH]2)N(C(=O)[C@@H](NC(=O)OC)[C@@H](C)OC)C1. The summed E-state index contributed by atoms with van der Waals surface area (Å²) in [5.74, 6) is 1.83. The fraction of sp³-hybridized carbons (Fsp3) is 0.410. The Balaban J connectivity index is 1.09. The summed E-state index contributed by atoms with van der Waals surface area (Å²) < 4.78 is 22.1. The molecule has 5 heterocycles. The van der Waals surface area contributed by atoms with E-state index in [1.807, 2.05) is 18.2 Å². The molecule has 3 aliphatic rings. The van der Waals surface area contributed by atoms with Gasteiger partial charge in [-0.05, 0) is 72.5 Å². The van der Waals surface area contributed by atoms with Crippen molar-refractivity contribution < 1.29 is 38.4 Å². The third-order valence-corrected chi connectivity index (χ3v) is 11.0. The average Bonchev–Trinajstić information content (AvgIpc) is 4.01. The summed E-state index contributed by atoms with van der Waals surface area (Å²) in [6.45, 7) is 3.52. The van der Waals surface area contributed by atoms with Gasteiger partial charge in [0.15, 0.2) is 0 Å². The molecule has 0 saturated carbocycles. The van der Waals surface area contributed by atoms with Crippen LogP contribution in [0.1, 0.15) is 55.5 Å². The number of nitrogens with one attached hydrogen (secondary N) is 3. The molecule has 3 amide bonds. The predicted octanol–water partition coefficient (Wildman–Crippen LogP) is 5.78. The zero-order valence-electron chi connectivity index (χ0n) is 30.5. The molecule has 0 unspecified atom stereocenters. The number of fused-ring (bicyclic) bond motifs is 6. The number of carbonyl (C=O) groups excluding carboxylic acids is 2. The number of amides is 3. The molecule has 8 rings (SSSR count). The van der Waals surface area contributed by atoms with Crippen molar-refractivity contribution in [2.45, 2.75) is 57.0 Å². The summed E-state index contributed by atoms with van der Waals surface area (Å²) in [6, 6.07) is 12.8. The van der Waals surface area contributed by atoms with Crippen LogP contribution in [0.15, 0.2) is 48.7 Å². The summed E-state index contributed by atoms with van der Waals surface area (Å²) in [7, 11) is 4.39. The Labute approximate surface area is 310 Å².